The summed E-state index contributed by atoms with van der Waals surface area (Å²) in [6, 6.07) is 7.44. The van der Waals surface area contributed by atoms with Gasteiger partial charge >= 0.3 is 5.97 Å². The molecule has 4 nitrogen and oxygen atoms in total. The van der Waals surface area contributed by atoms with Gasteiger partial charge in [0.25, 0.3) is 0 Å². The maximum Gasteiger partial charge on any atom is 0.360 e. The molecule has 0 saturated carbocycles. The number of aromatic nitrogens is 1. The van der Waals surface area contributed by atoms with Crippen LogP contribution in [0.2, 0.25) is 0 Å². The Morgan fingerprint density at radius 1 is 1.53 bits per heavy atom. The molecule has 0 atom stereocenters. The molecule has 88 valence electrons. The van der Waals surface area contributed by atoms with Gasteiger partial charge in [0.15, 0.2) is 17.8 Å². The lowest BCUT2D eigenvalue weighted by atomic mass is 10.1. The Hall–Kier alpha value is -1.62. The lowest BCUT2D eigenvalue weighted by Crippen LogP contribution is -2.06. The fourth-order valence-electron chi connectivity index (χ4n) is 1.43. The van der Waals surface area contributed by atoms with Crippen LogP contribution in [0, 0.1) is 0 Å². The molecule has 17 heavy (non-hydrogen) atoms. The topological polar surface area (TPSA) is 52.3 Å². The number of carbonyl (C=O) groups is 1. The summed E-state index contributed by atoms with van der Waals surface area (Å²) in [6.45, 7) is 2.06. The van der Waals surface area contributed by atoms with Crippen molar-refractivity contribution in [3.8, 4) is 11.3 Å². The summed E-state index contributed by atoms with van der Waals surface area (Å²) in [4.78, 5) is 15.5. The highest BCUT2D eigenvalue weighted by atomic mass is 79.9. The van der Waals surface area contributed by atoms with Gasteiger partial charge in [0, 0.05) is 10.0 Å². The van der Waals surface area contributed by atoms with Gasteiger partial charge in [-0.3, -0.25) is 0 Å². The first-order valence-electron chi connectivity index (χ1n) is 5.09. The summed E-state index contributed by atoms with van der Waals surface area (Å²) in [7, 11) is 0. The Bertz CT molecular complexity index is 536. The van der Waals surface area contributed by atoms with Crippen LogP contribution in [0.15, 0.2) is 39.5 Å². The predicted molar refractivity (Wildman–Crippen MR) is 65.6 cm³/mol. The molecular weight excluding hydrogens is 286 g/mol. The first-order chi connectivity index (χ1) is 8.22. The van der Waals surface area contributed by atoms with Crippen molar-refractivity contribution in [1.29, 1.82) is 0 Å². The average Bonchev–Trinajstić information content (AvgIpc) is 2.78. The van der Waals surface area contributed by atoms with Gasteiger partial charge in [-0.25, -0.2) is 9.78 Å². The third-order valence-corrected chi connectivity index (χ3v) is 2.62. The van der Waals surface area contributed by atoms with Crippen LogP contribution in [0.5, 0.6) is 0 Å². The molecule has 0 unspecified atom stereocenters. The van der Waals surface area contributed by atoms with E-state index in [-0.39, 0.29) is 5.69 Å². The number of benzene rings is 1. The molecule has 0 radical (unpaired) electrons. The highest BCUT2D eigenvalue weighted by molar-refractivity contribution is 9.10. The molecule has 0 bridgehead atoms. The molecule has 0 amide bonds. The number of rotatable bonds is 3. The summed E-state index contributed by atoms with van der Waals surface area (Å²) in [5.41, 5.74) is 0.977. The Labute approximate surface area is 107 Å². The molecule has 1 aromatic carbocycles. The van der Waals surface area contributed by atoms with Crippen molar-refractivity contribution in [2.45, 2.75) is 6.92 Å². The average molecular weight is 296 g/mol. The van der Waals surface area contributed by atoms with Crippen LogP contribution in [0.3, 0.4) is 0 Å². The molecule has 0 fully saturated rings. The fraction of sp³-hybridized carbons (Fsp3) is 0.167. The number of ether oxygens (including phenoxy) is 1. The second-order valence-corrected chi connectivity index (χ2v) is 4.18. The smallest absolute Gasteiger partial charge is 0.360 e. The second-order valence-electron chi connectivity index (χ2n) is 3.26. The number of hydrogen-bond donors (Lipinski definition) is 0. The van der Waals surface area contributed by atoms with Gasteiger partial charge in [0.05, 0.1) is 6.61 Å². The maximum atomic E-state index is 11.6. The van der Waals surface area contributed by atoms with E-state index in [0.29, 0.717) is 12.4 Å². The molecule has 1 heterocycles. The highest BCUT2D eigenvalue weighted by Gasteiger charge is 2.19. The molecule has 0 saturated heterocycles. The van der Waals surface area contributed by atoms with Crippen molar-refractivity contribution < 1.29 is 13.9 Å². The zero-order chi connectivity index (χ0) is 12.3. The van der Waals surface area contributed by atoms with Gasteiger partial charge in [-0.2, -0.15) is 0 Å². The molecule has 0 aliphatic rings. The Morgan fingerprint density at radius 2 is 2.35 bits per heavy atom. The number of carbonyl (C=O) groups excluding carboxylic acids is 1. The maximum absolute atomic E-state index is 11.6. The van der Waals surface area contributed by atoms with Crippen LogP contribution >= 0.6 is 15.9 Å². The van der Waals surface area contributed by atoms with Crippen LogP contribution in [-0.4, -0.2) is 17.6 Å². The van der Waals surface area contributed by atoms with E-state index in [1.165, 1.54) is 6.39 Å². The SMILES string of the molecule is CCOC(=O)c1ncoc1-c1cccc(Br)c1. The molecule has 1 aromatic heterocycles. The predicted octanol–water partition coefficient (Wildman–Crippen LogP) is 3.28. The summed E-state index contributed by atoms with van der Waals surface area (Å²) in [5, 5.41) is 0. The van der Waals surface area contributed by atoms with Crippen LogP contribution < -0.4 is 0 Å². The summed E-state index contributed by atoms with van der Waals surface area (Å²) < 4.78 is 11.0. The van der Waals surface area contributed by atoms with Crippen molar-refractivity contribution in [2.24, 2.45) is 0 Å². The number of esters is 1. The van der Waals surface area contributed by atoms with E-state index in [0.717, 1.165) is 10.0 Å². The fourth-order valence-corrected chi connectivity index (χ4v) is 1.82. The molecule has 0 spiro atoms. The van der Waals surface area contributed by atoms with E-state index in [1.807, 2.05) is 24.3 Å². The van der Waals surface area contributed by atoms with Gasteiger partial charge in [-0.1, -0.05) is 28.1 Å². The lowest BCUT2D eigenvalue weighted by Gasteiger charge is -2.01. The third kappa shape index (κ3) is 2.55. The van der Waals surface area contributed by atoms with E-state index in [1.54, 1.807) is 6.92 Å². The van der Waals surface area contributed by atoms with Crippen molar-refractivity contribution in [3.63, 3.8) is 0 Å². The Balaban J connectivity index is 2.40. The first-order valence-corrected chi connectivity index (χ1v) is 5.88. The summed E-state index contributed by atoms with van der Waals surface area (Å²) >= 11 is 3.36. The van der Waals surface area contributed by atoms with Crippen LogP contribution in [0.4, 0.5) is 0 Å². The van der Waals surface area contributed by atoms with E-state index >= 15 is 0 Å². The first kappa shape index (κ1) is 11.9. The Morgan fingerprint density at radius 3 is 3.06 bits per heavy atom. The van der Waals surface area contributed by atoms with Crippen LogP contribution in [0.25, 0.3) is 11.3 Å². The minimum Gasteiger partial charge on any atom is -0.461 e. The van der Waals surface area contributed by atoms with Crippen molar-refractivity contribution in [2.75, 3.05) is 6.61 Å². The largest absolute Gasteiger partial charge is 0.461 e. The number of halogens is 1. The summed E-state index contributed by atoms with van der Waals surface area (Å²) in [5.74, 6) is -0.0547. The Kier molecular flexibility index (Phi) is 3.58. The molecule has 0 N–H and O–H groups in total. The molecule has 2 rings (SSSR count). The normalized spacial score (nSPS) is 10.2. The number of nitrogens with zero attached hydrogens (tertiary/aromatic N) is 1. The van der Waals surface area contributed by atoms with Gasteiger partial charge in [-0.15, -0.1) is 0 Å². The zero-order valence-electron chi connectivity index (χ0n) is 9.14. The standard InChI is InChI=1S/C12H10BrNO3/c1-2-16-12(15)10-11(17-7-14-10)8-4-3-5-9(13)6-8/h3-7H,2H2,1H3. The molecular formula is C12H10BrNO3. The van der Waals surface area contributed by atoms with Crippen molar-refractivity contribution in [3.05, 3.63) is 40.8 Å². The van der Waals surface area contributed by atoms with Gasteiger partial charge in [0.1, 0.15) is 0 Å². The van der Waals surface area contributed by atoms with Gasteiger partial charge in [-0.05, 0) is 19.1 Å². The number of hydrogen-bond acceptors (Lipinski definition) is 4. The van der Waals surface area contributed by atoms with E-state index in [4.69, 9.17) is 9.15 Å². The monoisotopic (exact) mass is 295 g/mol. The minimum atomic E-state index is -0.476. The van der Waals surface area contributed by atoms with Gasteiger partial charge in [0.2, 0.25) is 0 Å². The molecule has 5 heteroatoms. The third-order valence-electron chi connectivity index (χ3n) is 2.12. The van der Waals surface area contributed by atoms with Crippen molar-refractivity contribution in [1.82, 2.24) is 4.98 Å². The minimum absolute atomic E-state index is 0.199. The van der Waals surface area contributed by atoms with Crippen molar-refractivity contribution >= 4 is 21.9 Å². The molecule has 0 aliphatic carbocycles. The zero-order valence-corrected chi connectivity index (χ0v) is 10.7. The van der Waals surface area contributed by atoms with Crippen LogP contribution in [-0.2, 0) is 4.74 Å². The van der Waals surface area contributed by atoms with Gasteiger partial charge < -0.3 is 9.15 Å². The highest BCUT2D eigenvalue weighted by Crippen LogP contribution is 2.26. The number of oxazole rings is 1. The summed E-state index contributed by atoms with van der Waals surface area (Å²) in [6.07, 6.45) is 1.24. The molecule has 0 aliphatic heterocycles. The second kappa shape index (κ2) is 5.14. The van der Waals surface area contributed by atoms with E-state index < -0.39 is 5.97 Å². The van der Waals surface area contributed by atoms with E-state index in [2.05, 4.69) is 20.9 Å². The molecule has 2 aromatic rings. The quantitative estimate of drug-likeness (QED) is 0.816. The lowest BCUT2D eigenvalue weighted by molar-refractivity contribution is 0.0520. The van der Waals surface area contributed by atoms with Crippen LogP contribution in [0.1, 0.15) is 17.4 Å². The van der Waals surface area contributed by atoms with E-state index in [9.17, 15) is 4.79 Å².